The molecule has 2 rings (SSSR count). The summed E-state index contributed by atoms with van der Waals surface area (Å²) in [7, 11) is 2.22. The predicted molar refractivity (Wildman–Crippen MR) is 79.7 cm³/mol. The molecule has 1 fully saturated rings. The highest BCUT2D eigenvalue weighted by atomic mass is 15.2. The molecule has 106 valence electrons. The van der Waals surface area contributed by atoms with Gasteiger partial charge in [0, 0.05) is 31.0 Å². The molecule has 3 nitrogen and oxygen atoms in total. The first-order valence-electron chi connectivity index (χ1n) is 7.40. The van der Waals surface area contributed by atoms with Gasteiger partial charge in [0.05, 0.1) is 0 Å². The van der Waals surface area contributed by atoms with E-state index < -0.39 is 0 Å². The van der Waals surface area contributed by atoms with Crippen LogP contribution in [-0.2, 0) is 6.54 Å². The lowest BCUT2D eigenvalue weighted by atomic mass is 9.67. The summed E-state index contributed by atoms with van der Waals surface area (Å²) in [4.78, 5) is 6.67. The first kappa shape index (κ1) is 14.5. The van der Waals surface area contributed by atoms with Crippen molar-refractivity contribution in [3.05, 3.63) is 30.1 Å². The largest absolute Gasteiger partial charge is 0.329 e. The summed E-state index contributed by atoms with van der Waals surface area (Å²) < 4.78 is 0. The molecular formula is C16H27N3. The summed E-state index contributed by atoms with van der Waals surface area (Å²) in [6.07, 6.45) is 7.63. The highest BCUT2D eigenvalue weighted by molar-refractivity contribution is 5.10. The number of aromatic nitrogens is 1. The minimum atomic E-state index is 0.146. The molecule has 0 saturated heterocycles. The second-order valence-electron chi connectivity index (χ2n) is 6.18. The number of nitrogens with two attached hydrogens (primary N) is 1. The molecule has 1 saturated carbocycles. The molecule has 0 amide bonds. The van der Waals surface area contributed by atoms with E-state index in [-0.39, 0.29) is 5.54 Å². The highest BCUT2D eigenvalue weighted by Gasteiger charge is 2.43. The molecule has 19 heavy (non-hydrogen) atoms. The van der Waals surface area contributed by atoms with Gasteiger partial charge in [-0.3, -0.25) is 9.88 Å². The lowest BCUT2D eigenvalue weighted by Gasteiger charge is -2.51. The van der Waals surface area contributed by atoms with Gasteiger partial charge in [-0.1, -0.05) is 32.8 Å². The molecule has 0 spiro atoms. The summed E-state index contributed by atoms with van der Waals surface area (Å²) in [6.45, 7) is 6.42. The molecule has 1 aromatic heterocycles. The molecule has 1 aliphatic carbocycles. The topological polar surface area (TPSA) is 42.1 Å². The van der Waals surface area contributed by atoms with Crippen LogP contribution in [0.2, 0.25) is 0 Å². The van der Waals surface area contributed by atoms with E-state index in [0.29, 0.717) is 5.92 Å². The average Bonchev–Trinajstić information content (AvgIpc) is 2.43. The maximum Gasteiger partial charge on any atom is 0.0360 e. The fourth-order valence-corrected chi connectivity index (χ4v) is 3.64. The summed E-state index contributed by atoms with van der Waals surface area (Å²) in [5.41, 5.74) is 7.60. The Hall–Kier alpha value is -0.930. The highest BCUT2D eigenvalue weighted by Crippen LogP contribution is 2.41. The number of nitrogens with zero attached hydrogens (tertiary/aromatic N) is 2. The number of rotatable bonds is 4. The van der Waals surface area contributed by atoms with Crippen LogP contribution in [0.15, 0.2) is 24.5 Å². The van der Waals surface area contributed by atoms with Gasteiger partial charge in [0.25, 0.3) is 0 Å². The van der Waals surface area contributed by atoms with Crippen molar-refractivity contribution in [2.24, 2.45) is 17.6 Å². The van der Waals surface area contributed by atoms with Gasteiger partial charge in [0.15, 0.2) is 0 Å². The fourth-order valence-electron chi connectivity index (χ4n) is 3.64. The molecule has 3 unspecified atom stereocenters. The van der Waals surface area contributed by atoms with Gasteiger partial charge >= 0.3 is 0 Å². The smallest absolute Gasteiger partial charge is 0.0360 e. The molecule has 3 heteroatoms. The molecule has 1 aromatic rings. The van der Waals surface area contributed by atoms with E-state index >= 15 is 0 Å². The Labute approximate surface area is 117 Å². The van der Waals surface area contributed by atoms with Gasteiger partial charge in [0.2, 0.25) is 0 Å². The molecule has 1 heterocycles. The Morgan fingerprint density at radius 3 is 2.89 bits per heavy atom. The van der Waals surface area contributed by atoms with Crippen molar-refractivity contribution in [2.45, 2.75) is 45.2 Å². The third kappa shape index (κ3) is 2.82. The molecular weight excluding hydrogens is 234 g/mol. The van der Waals surface area contributed by atoms with E-state index in [1.807, 2.05) is 18.5 Å². The minimum absolute atomic E-state index is 0.146. The van der Waals surface area contributed by atoms with Crippen LogP contribution in [0.5, 0.6) is 0 Å². The lowest BCUT2D eigenvalue weighted by Crippen LogP contribution is -2.59. The van der Waals surface area contributed by atoms with Gasteiger partial charge in [-0.15, -0.1) is 0 Å². The summed E-state index contributed by atoms with van der Waals surface area (Å²) >= 11 is 0. The zero-order valence-corrected chi connectivity index (χ0v) is 12.5. The lowest BCUT2D eigenvalue weighted by molar-refractivity contribution is 0.00132. The summed E-state index contributed by atoms with van der Waals surface area (Å²) in [5.74, 6) is 1.40. The van der Waals surface area contributed by atoms with Crippen molar-refractivity contribution in [3.8, 4) is 0 Å². The molecule has 0 bridgehead atoms. The van der Waals surface area contributed by atoms with E-state index in [9.17, 15) is 0 Å². The Morgan fingerprint density at radius 1 is 1.47 bits per heavy atom. The van der Waals surface area contributed by atoms with Gasteiger partial charge in [-0.2, -0.15) is 0 Å². The maximum atomic E-state index is 6.19. The SMILES string of the molecule is CC1CCCC(CN)(N(C)Cc2cccnc2)C1C. The predicted octanol–water partition coefficient (Wildman–Crippen LogP) is 2.67. The van der Waals surface area contributed by atoms with Crippen molar-refractivity contribution in [3.63, 3.8) is 0 Å². The van der Waals surface area contributed by atoms with Crippen LogP contribution in [0.3, 0.4) is 0 Å². The van der Waals surface area contributed by atoms with Gasteiger partial charge in [0.1, 0.15) is 0 Å². The van der Waals surface area contributed by atoms with Crippen molar-refractivity contribution in [1.82, 2.24) is 9.88 Å². The Morgan fingerprint density at radius 2 is 2.26 bits per heavy atom. The van der Waals surface area contributed by atoms with Crippen molar-refractivity contribution in [2.75, 3.05) is 13.6 Å². The first-order chi connectivity index (χ1) is 9.10. The number of hydrogen-bond donors (Lipinski definition) is 1. The van der Waals surface area contributed by atoms with E-state index in [2.05, 4.69) is 36.8 Å². The van der Waals surface area contributed by atoms with Crippen LogP contribution in [-0.4, -0.2) is 29.0 Å². The van der Waals surface area contributed by atoms with E-state index in [4.69, 9.17) is 5.73 Å². The van der Waals surface area contributed by atoms with Crippen LogP contribution < -0.4 is 5.73 Å². The Balaban J connectivity index is 2.16. The quantitative estimate of drug-likeness (QED) is 0.906. The van der Waals surface area contributed by atoms with Crippen LogP contribution >= 0.6 is 0 Å². The molecule has 0 aliphatic heterocycles. The summed E-state index contributed by atoms with van der Waals surface area (Å²) in [5, 5.41) is 0. The van der Waals surface area contributed by atoms with E-state index in [1.54, 1.807) is 0 Å². The summed E-state index contributed by atoms with van der Waals surface area (Å²) in [6, 6.07) is 4.15. The maximum absolute atomic E-state index is 6.19. The van der Waals surface area contributed by atoms with E-state index in [0.717, 1.165) is 19.0 Å². The number of pyridine rings is 1. The third-order valence-corrected chi connectivity index (χ3v) is 5.23. The Bertz CT molecular complexity index is 392. The monoisotopic (exact) mass is 261 g/mol. The molecule has 2 N–H and O–H groups in total. The van der Waals surface area contributed by atoms with E-state index in [1.165, 1.54) is 24.8 Å². The number of likely N-dealkylation sites (N-methyl/N-ethyl adjacent to an activating group) is 1. The second kappa shape index (κ2) is 6.02. The van der Waals surface area contributed by atoms with Crippen LogP contribution in [0.1, 0.15) is 38.7 Å². The molecule has 0 radical (unpaired) electrons. The zero-order chi connectivity index (χ0) is 13.9. The molecule has 0 aromatic carbocycles. The first-order valence-corrected chi connectivity index (χ1v) is 7.40. The standard InChI is InChI=1S/C16H27N3/c1-13-6-4-8-16(12-17,14(13)2)19(3)11-15-7-5-9-18-10-15/h5,7,9-10,13-14H,4,6,8,11-12,17H2,1-3H3. The van der Waals surface area contributed by atoms with Crippen molar-refractivity contribution < 1.29 is 0 Å². The van der Waals surface area contributed by atoms with Gasteiger partial charge in [-0.25, -0.2) is 0 Å². The average molecular weight is 261 g/mol. The molecule has 3 atom stereocenters. The van der Waals surface area contributed by atoms with Gasteiger partial charge in [-0.05, 0) is 36.9 Å². The normalized spacial score (nSPS) is 31.6. The number of hydrogen-bond acceptors (Lipinski definition) is 3. The third-order valence-electron chi connectivity index (χ3n) is 5.23. The van der Waals surface area contributed by atoms with Crippen LogP contribution in [0.4, 0.5) is 0 Å². The van der Waals surface area contributed by atoms with Crippen molar-refractivity contribution in [1.29, 1.82) is 0 Å². The second-order valence-corrected chi connectivity index (χ2v) is 6.18. The van der Waals surface area contributed by atoms with Crippen LogP contribution in [0, 0.1) is 11.8 Å². The van der Waals surface area contributed by atoms with Gasteiger partial charge < -0.3 is 5.73 Å². The zero-order valence-electron chi connectivity index (χ0n) is 12.5. The fraction of sp³-hybridized carbons (Fsp3) is 0.688. The van der Waals surface area contributed by atoms with Crippen molar-refractivity contribution >= 4 is 0 Å². The Kier molecular flexibility index (Phi) is 4.58. The minimum Gasteiger partial charge on any atom is -0.329 e. The molecule has 1 aliphatic rings. The van der Waals surface area contributed by atoms with Crippen LogP contribution in [0.25, 0.3) is 0 Å².